The van der Waals surface area contributed by atoms with Gasteiger partial charge in [0.2, 0.25) is 5.91 Å². The third-order valence-corrected chi connectivity index (χ3v) is 3.96. The molecule has 20 heavy (non-hydrogen) atoms. The zero-order valence-electron chi connectivity index (χ0n) is 12.3. The van der Waals surface area contributed by atoms with Crippen LogP contribution in [0, 0.1) is 5.41 Å². The van der Waals surface area contributed by atoms with Gasteiger partial charge in [0.15, 0.2) is 5.67 Å². The molecule has 2 fully saturated rings. The van der Waals surface area contributed by atoms with E-state index < -0.39 is 29.1 Å². The summed E-state index contributed by atoms with van der Waals surface area (Å²) in [5.41, 5.74) is -2.29. The first-order valence-electron chi connectivity index (χ1n) is 7.10. The maximum absolute atomic E-state index is 13.8. The SMILES string of the molecule is CC(C)(C)[C@H](NC(=O)C1(F)CC1)C(=O)N1CC[C@@H](O)C1. The fraction of sp³-hybridized carbons (Fsp3) is 0.857. The molecular formula is C14H23FN2O3. The van der Waals surface area contributed by atoms with Crippen LogP contribution in [-0.4, -0.2) is 52.7 Å². The molecule has 114 valence electrons. The molecule has 0 bridgehead atoms. The molecule has 0 spiro atoms. The highest BCUT2D eigenvalue weighted by Crippen LogP contribution is 2.40. The van der Waals surface area contributed by atoms with E-state index in [0.717, 1.165) is 0 Å². The summed E-state index contributed by atoms with van der Waals surface area (Å²) in [5, 5.41) is 12.1. The third-order valence-electron chi connectivity index (χ3n) is 3.96. The smallest absolute Gasteiger partial charge is 0.258 e. The van der Waals surface area contributed by atoms with Gasteiger partial charge in [-0.15, -0.1) is 0 Å². The molecule has 0 aromatic carbocycles. The van der Waals surface area contributed by atoms with Gasteiger partial charge in [-0.1, -0.05) is 20.8 Å². The van der Waals surface area contributed by atoms with Crippen molar-refractivity contribution in [3.8, 4) is 0 Å². The fourth-order valence-electron chi connectivity index (χ4n) is 2.37. The number of hydrogen-bond acceptors (Lipinski definition) is 3. The lowest BCUT2D eigenvalue weighted by Gasteiger charge is -2.33. The molecule has 1 heterocycles. The predicted molar refractivity (Wildman–Crippen MR) is 71.7 cm³/mol. The van der Waals surface area contributed by atoms with Gasteiger partial charge in [-0.3, -0.25) is 9.59 Å². The van der Waals surface area contributed by atoms with Gasteiger partial charge < -0.3 is 15.3 Å². The Bertz CT molecular complexity index is 415. The Morgan fingerprint density at radius 3 is 2.40 bits per heavy atom. The number of β-amino-alcohol motifs (C(OH)–C–C–N with tert-alkyl or cyclic N) is 1. The second kappa shape index (κ2) is 4.98. The molecule has 2 aliphatic rings. The average molecular weight is 286 g/mol. The van der Waals surface area contributed by atoms with Gasteiger partial charge in [0, 0.05) is 13.1 Å². The Hall–Kier alpha value is -1.17. The lowest BCUT2D eigenvalue weighted by molar-refractivity contribution is -0.140. The van der Waals surface area contributed by atoms with Crippen molar-refractivity contribution >= 4 is 11.8 Å². The third kappa shape index (κ3) is 3.11. The highest BCUT2D eigenvalue weighted by Gasteiger charge is 2.52. The number of carbonyl (C=O) groups excluding carboxylic acids is 2. The summed E-state index contributed by atoms with van der Waals surface area (Å²) in [5.74, 6) is -0.933. The number of halogens is 1. The molecule has 5 nitrogen and oxygen atoms in total. The summed E-state index contributed by atoms with van der Waals surface area (Å²) >= 11 is 0. The van der Waals surface area contributed by atoms with Crippen molar-refractivity contribution in [2.45, 2.75) is 57.8 Å². The van der Waals surface area contributed by atoms with E-state index in [1.807, 2.05) is 20.8 Å². The largest absolute Gasteiger partial charge is 0.391 e. The molecule has 1 aliphatic heterocycles. The Balaban J connectivity index is 2.07. The first kappa shape index (κ1) is 15.2. The number of nitrogens with one attached hydrogen (secondary N) is 1. The molecule has 6 heteroatoms. The van der Waals surface area contributed by atoms with Crippen LogP contribution in [0.4, 0.5) is 4.39 Å². The van der Waals surface area contributed by atoms with Crippen LogP contribution in [0.25, 0.3) is 0 Å². The van der Waals surface area contributed by atoms with Crippen molar-refractivity contribution in [1.29, 1.82) is 0 Å². The predicted octanol–water partition coefficient (Wildman–Crippen LogP) is 0.613. The molecule has 2 N–H and O–H groups in total. The number of nitrogens with zero attached hydrogens (tertiary/aromatic N) is 1. The van der Waals surface area contributed by atoms with E-state index in [1.165, 1.54) is 0 Å². The van der Waals surface area contributed by atoms with Gasteiger partial charge in [-0.05, 0) is 24.7 Å². The molecule has 0 radical (unpaired) electrons. The Morgan fingerprint density at radius 2 is 2.00 bits per heavy atom. The van der Waals surface area contributed by atoms with Crippen molar-refractivity contribution in [3.63, 3.8) is 0 Å². The molecule has 0 aromatic rings. The minimum atomic E-state index is -1.78. The number of aliphatic hydroxyl groups excluding tert-OH is 1. The van der Waals surface area contributed by atoms with Crippen LogP contribution in [0.3, 0.4) is 0 Å². The summed E-state index contributed by atoms with van der Waals surface area (Å²) < 4.78 is 13.8. The topological polar surface area (TPSA) is 69.6 Å². The van der Waals surface area contributed by atoms with E-state index in [4.69, 9.17) is 0 Å². The standard InChI is InChI=1S/C14H23FN2O3/c1-13(2,3)10(16-12(20)14(15)5-6-14)11(19)17-7-4-9(18)8-17/h9-10,18H,4-8H2,1-3H3,(H,16,20)/t9-,10-/m1/s1. The second-order valence-electron chi connectivity index (χ2n) is 6.96. The highest BCUT2D eigenvalue weighted by molar-refractivity contribution is 5.93. The van der Waals surface area contributed by atoms with Crippen LogP contribution >= 0.6 is 0 Å². The fourth-order valence-corrected chi connectivity index (χ4v) is 2.37. The Kier molecular flexibility index (Phi) is 3.79. The maximum Gasteiger partial charge on any atom is 0.258 e. The van der Waals surface area contributed by atoms with E-state index in [2.05, 4.69) is 5.32 Å². The minimum absolute atomic E-state index is 0.228. The Morgan fingerprint density at radius 1 is 1.40 bits per heavy atom. The summed E-state index contributed by atoms with van der Waals surface area (Å²) in [6.07, 6.45) is 0.494. The minimum Gasteiger partial charge on any atom is -0.391 e. The Labute approximate surface area is 118 Å². The maximum atomic E-state index is 13.8. The zero-order chi connectivity index (χ0) is 15.1. The van der Waals surface area contributed by atoms with Gasteiger partial charge in [-0.25, -0.2) is 4.39 Å². The van der Waals surface area contributed by atoms with Crippen molar-refractivity contribution in [2.75, 3.05) is 13.1 Å². The van der Waals surface area contributed by atoms with E-state index in [-0.39, 0.29) is 25.3 Å². The molecular weight excluding hydrogens is 263 g/mol. The second-order valence-corrected chi connectivity index (χ2v) is 6.96. The van der Waals surface area contributed by atoms with Gasteiger partial charge in [0.25, 0.3) is 5.91 Å². The summed E-state index contributed by atoms with van der Waals surface area (Å²) in [6, 6.07) is -0.770. The van der Waals surface area contributed by atoms with Crippen LogP contribution < -0.4 is 5.32 Å². The van der Waals surface area contributed by atoms with Crippen molar-refractivity contribution < 1.29 is 19.1 Å². The normalized spacial score (nSPS) is 26.2. The summed E-state index contributed by atoms with van der Waals surface area (Å²) in [7, 11) is 0. The van der Waals surface area contributed by atoms with Crippen molar-refractivity contribution in [1.82, 2.24) is 10.2 Å². The van der Waals surface area contributed by atoms with Gasteiger partial charge in [-0.2, -0.15) is 0 Å². The molecule has 1 saturated heterocycles. The van der Waals surface area contributed by atoms with Gasteiger partial charge in [0.1, 0.15) is 6.04 Å². The number of carbonyl (C=O) groups is 2. The van der Waals surface area contributed by atoms with Crippen LogP contribution in [0.5, 0.6) is 0 Å². The average Bonchev–Trinajstić information content (AvgIpc) is 2.93. The van der Waals surface area contributed by atoms with Crippen molar-refractivity contribution in [2.24, 2.45) is 5.41 Å². The van der Waals surface area contributed by atoms with E-state index in [9.17, 15) is 19.1 Å². The molecule has 0 aromatic heterocycles. The molecule has 0 unspecified atom stereocenters. The monoisotopic (exact) mass is 286 g/mol. The number of amides is 2. The van der Waals surface area contributed by atoms with Crippen LogP contribution in [-0.2, 0) is 9.59 Å². The molecule has 2 amide bonds. The summed E-state index contributed by atoms with van der Waals surface area (Å²) in [6.45, 7) is 6.26. The van der Waals surface area contributed by atoms with Crippen molar-refractivity contribution in [3.05, 3.63) is 0 Å². The number of likely N-dealkylation sites (tertiary alicyclic amines) is 1. The van der Waals surface area contributed by atoms with E-state index in [0.29, 0.717) is 13.0 Å². The quantitative estimate of drug-likeness (QED) is 0.799. The zero-order valence-corrected chi connectivity index (χ0v) is 12.3. The first-order chi connectivity index (χ1) is 9.13. The molecule has 1 aliphatic carbocycles. The first-order valence-corrected chi connectivity index (χ1v) is 7.10. The number of rotatable bonds is 3. The lowest BCUT2D eigenvalue weighted by atomic mass is 9.85. The van der Waals surface area contributed by atoms with Gasteiger partial charge in [0.05, 0.1) is 6.10 Å². The highest BCUT2D eigenvalue weighted by atomic mass is 19.1. The number of hydrogen-bond donors (Lipinski definition) is 2. The molecule has 2 rings (SSSR count). The van der Waals surface area contributed by atoms with E-state index >= 15 is 0 Å². The molecule has 1 saturated carbocycles. The van der Waals surface area contributed by atoms with Gasteiger partial charge >= 0.3 is 0 Å². The summed E-state index contributed by atoms with van der Waals surface area (Å²) in [4.78, 5) is 25.9. The van der Waals surface area contributed by atoms with E-state index in [1.54, 1.807) is 4.90 Å². The number of aliphatic hydroxyl groups is 1. The lowest BCUT2D eigenvalue weighted by Crippen LogP contribution is -2.56. The van der Waals surface area contributed by atoms with Crippen LogP contribution in [0.2, 0.25) is 0 Å². The molecule has 2 atom stereocenters. The van der Waals surface area contributed by atoms with Crippen LogP contribution in [0.15, 0.2) is 0 Å². The van der Waals surface area contributed by atoms with Crippen LogP contribution in [0.1, 0.15) is 40.0 Å². The number of alkyl halides is 1.